The Morgan fingerprint density at radius 3 is 3.00 bits per heavy atom. The van der Waals surface area contributed by atoms with Crippen LogP contribution in [0, 0.1) is 17.2 Å². The molecule has 2 atom stereocenters. The van der Waals surface area contributed by atoms with Gasteiger partial charge in [-0.1, -0.05) is 0 Å². The molecule has 1 rings (SSSR count). The molecule has 0 spiro atoms. The fraction of sp³-hybridized carbons (Fsp3) is 0.833. The van der Waals surface area contributed by atoms with Crippen molar-refractivity contribution >= 4 is 0 Å². The average molecular weight is 127 g/mol. The first-order valence-electron chi connectivity index (χ1n) is 3.00. The monoisotopic (exact) mass is 127 g/mol. The quantitative estimate of drug-likeness (QED) is 0.501. The van der Waals surface area contributed by atoms with E-state index in [2.05, 4.69) is 0 Å². The maximum absolute atomic E-state index is 8.92. The van der Waals surface area contributed by atoms with Crippen LogP contribution >= 0.6 is 0 Å². The van der Waals surface area contributed by atoms with Gasteiger partial charge in [0.05, 0.1) is 12.7 Å². The van der Waals surface area contributed by atoms with Gasteiger partial charge < -0.3 is 9.84 Å². The molecule has 1 heterocycles. The summed E-state index contributed by atoms with van der Waals surface area (Å²) in [7, 11) is 0. The van der Waals surface area contributed by atoms with Crippen LogP contribution in [0.2, 0.25) is 0 Å². The SMILES string of the molecule is N#C[C@H](O)[C@@H]1CCOC1. The van der Waals surface area contributed by atoms with Gasteiger partial charge in [-0.05, 0) is 6.42 Å². The highest BCUT2D eigenvalue weighted by molar-refractivity contribution is 4.89. The molecule has 0 saturated carbocycles. The minimum absolute atomic E-state index is 0.0509. The van der Waals surface area contributed by atoms with E-state index in [1.807, 2.05) is 0 Å². The molecule has 0 aromatic carbocycles. The fourth-order valence-electron chi connectivity index (χ4n) is 0.907. The van der Waals surface area contributed by atoms with Crippen molar-refractivity contribution in [2.24, 2.45) is 5.92 Å². The standard InChI is InChI=1S/C6H9NO2/c7-3-6(8)5-1-2-9-4-5/h5-6,8H,1-2,4H2/t5-,6+/m1/s1. The molecule has 0 aliphatic carbocycles. The molecule has 1 saturated heterocycles. The first-order valence-corrected chi connectivity index (χ1v) is 3.00. The summed E-state index contributed by atoms with van der Waals surface area (Å²) in [5.41, 5.74) is 0. The molecule has 1 N–H and O–H groups in total. The Balaban J connectivity index is 2.34. The van der Waals surface area contributed by atoms with Crippen LogP contribution in [0.25, 0.3) is 0 Å². The number of hydrogen-bond donors (Lipinski definition) is 1. The molecule has 1 fully saturated rings. The van der Waals surface area contributed by atoms with E-state index < -0.39 is 6.10 Å². The Kier molecular flexibility index (Phi) is 2.04. The van der Waals surface area contributed by atoms with Crippen molar-refractivity contribution in [2.45, 2.75) is 12.5 Å². The number of nitrogens with zero attached hydrogens (tertiary/aromatic N) is 1. The minimum Gasteiger partial charge on any atom is -0.381 e. The predicted molar refractivity (Wildman–Crippen MR) is 30.5 cm³/mol. The van der Waals surface area contributed by atoms with Crippen molar-refractivity contribution in [3.05, 3.63) is 0 Å². The van der Waals surface area contributed by atoms with Crippen LogP contribution in [0.5, 0.6) is 0 Å². The molecular formula is C6H9NO2. The maximum atomic E-state index is 8.92. The van der Waals surface area contributed by atoms with E-state index in [1.54, 1.807) is 6.07 Å². The maximum Gasteiger partial charge on any atom is 0.145 e. The molecule has 0 radical (unpaired) electrons. The highest BCUT2D eigenvalue weighted by Gasteiger charge is 2.22. The van der Waals surface area contributed by atoms with Gasteiger partial charge in [0.25, 0.3) is 0 Å². The highest BCUT2D eigenvalue weighted by Crippen LogP contribution is 2.15. The minimum atomic E-state index is -0.826. The van der Waals surface area contributed by atoms with E-state index in [0.29, 0.717) is 13.2 Å². The largest absolute Gasteiger partial charge is 0.381 e. The van der Waals surface area contributed by atoms with Gasteiger partial charge >= 0.3 is 0 Å². The lowest BCUT2D eigenvalue weighted by atomic mass is 10.0. The Morgan fingerprint density at radius 2 is 2.56 bits per heavy atom. The molecule has 9 heavy (non-hydrogen) atoms. The molecule has 0 bridgehead atoms. The van der Waals surface area contributed by atoms with Crippen LogP contribution in [0.4, 0.5) is 0 Å². The van der Waals surface area contributed by atoms with Gasteiger partial charge in [-0.25, -0.2) is 0 Å². The number of ether oxygens (including phenoxy) is 1. The zero-order valence-electron chi connectivity index (χ0n) is 5.08. The summed E-state index contributed by atoms with van der Waals surface area (Å²) in [5.74, 6) is 0.0509. The second-order valence-corrected chi connectivity index (χ2v) is 2.20. The molecule has 0 aromatic rings. The van der Waals surface area contributed by atoms with E-state index in [9.17, 15) is 0 Å². The van der Waals surface area contributed by atoms with Crippen molar-refractivity contribution in [1.29, 1.82) is 5.26 Å². The van der Waals surface area contributed by atoms with Crippen molar-refractivity contribution in [1.82, 2.24) is 0 Å². The van der Waals surface area contributed by atoms with Crippen LogP contribution in [0.1, 0.15) is 6.42 Å². The Hall–Kier alpha value is -0.590. The van der Waals surface area contributed by atoms with E-state index in [-0.39, 0.29) is 5.92 Å². The summed E-state index contributed by atoms with van der Waals surface area (Å²) in [6.07, 6.45) is -0.0122. The normalized spacial score (nSPS) is 29.6. The Morgan fingerprint density at radius 1 is 1.78 bits per heavy atom. The van der Waals surface area contributed by atoms with E-state index in [0.717, 1.165) is 6.42 Å². The molecule has 1 aliphatic rings. The van der Waals surface area contributed by atoms with Gasteiger partial charge in [0.15, 0.2) is 0 Å². The van der Waals surface area contributed by atoms with E-state index in [1.165, 1.54) is 0 Å². The van der Waals surface area contributed by atoms with Gasteiger partial charge in [0.2, 0.25) is 0 Å². The van der Waals surface area contributed by atoms with Crippen LogP contribution < -0.4 is 0 Å². The van der Waals surface area contributed by atoms with Gasteiger partial charge in [-0.15, -0.1) is 0 Å². The summed E-state index contributed by atoms with van der Waals surface area (Å²) in [6, 6.07) is 1.78. The number of rotatable bonds is 1. The first-order chi connectivity index (χ1) is 4.34. The number of nitriles is 1. The van der Waals surface area contributed by atoms with Crippen molar-refractivity contribution in [3.8, 4) is 6.07 Å². The van der Waals surface area contributed by atoms with Gasteiger partial charge in [-0.2, -0.15) is 5.26 Å². The van der Waals surface area contributed by atoms with Gasteiger partial charge in [0, 0.05) is 12.5 Å². The van der Waals surface area contributed by atoms with Crippen molar-refractivity contribution in [2.75, 3.05) is 13.2 Å². The summed E-state index contributed by atoms with van der Waals surface area (Å²) in [5, 5.41) is 17.2. The predicted octanol–water partition coefficient (Wildman–Crippen LogP) is -0.0926. The van der Waals surface area contributed by atoms with Crippen molar-refractivity contribution in [3.63, 3.8) is 0 Å². The molecular weight excluding hydrogens is 118 g/mol. The van der Waals surface area contributed by atoms with Gasteiger partial charge in [-0.3, -0.25) is 0 Å². The first kappa shape index (κ1) is 6.53. The van der Waals surface area contributed by atoms with E-state index in [4.69, 9.17) is 15.1 Å². The van der Waals surface area contributed by atoms with Gasteiger partial charge in [0.1, 0.15) is 6.10 Å². The topological polar surface area (TPSA) is 53.2 Å². The summed E-state index contributed by atoms with van der Waals surface area (Å²) >= 11 is 0. The second-order valence-electron chi connectivity index (χ2n) is 2.20. The molecule has 0 aromatic heterocycles. The molecule has 50 valence electrons. The Labute approximate surface area is 53.9 Å². The number of aliphatic hydroxyl groups excluding tert-OH is 1. The number of hydrogen-bond acceptors (Lipinski definition) is 3. The smallest absolute Gasteiger partial charge is 0.145 e. The average Bonchev–Trinajstić information content (AvgIpc) is 2.37. The summed E-state index contributed by atoms with van der Waals surface area (Å²) in [6.45, 7) is 1.22. The zero-order valence-corrected chi connectivity index (χ0v) is 5.08. The Bertz CT molecular complexity index is 124. The lowest BCUT2D eigenvalue weighted by molar-refractivity contribution is 0.128. The summed E-state index contributed by atoms with van der Waals surface area (Å²) < 4.78 is 4.97. The third kappa shape index (κ3) is 1.41. The third-order valence-corrected chi connectivity index (χ3v) is 1.54. The van der Waals surface area contributed by atoms with Crippen LogP contribution in [0.3, 0.4) is 0 Å². The number of aliphatic hydroxyl groups is 1. The molecule has 3 heteroatoms. The highest BCUT2D eigenvalue weighted by atomic mass is 16.5. The van der Waals surface area contributed by atoms with E-state index >= 15 is 0 Å². The summed E-state index contributed by atoms with van der Waals surface area (Å²) in [4.78, 5) is 0. The third-order valence-electron chi connectivity index (χ3n) is 1.54. The van der Waals surface area contributed by atoms with Crippen LogP contribution in [-0.2, 0) is 4.74 Å². The van der Waals surface area contributed by atoms with Crippen molar-refractivity contribution < 1.29 is 9.84 Å². The van der Waals surface area contributed by atoms with Crippen LogP contribution in [-0.4, -0.2) is 24.4 Å². The van der Waals surface area contributed by atoms with Crippen LogP contribution in [0.15, 0.2) is 0 Å². The lowest BCUT2D eigenvalue weighted by Crippen LogP contribution is -2.17. The molecule has 1 aliphatic heterocycles. The lowest BCUT2D eigenvalue weighted by Gasteiger charge is -2.05. The molecule has 0 amide bonds. The molecule has 0 unspecified atom stereocenters. The fourth-order valence-corrected chi connectivity index (χ4v) is 0.907. The second kappa shape index (κ2) is 2.81. The zero-order chi connectivity index (χ0) is 6.69. The molecule has 3 nitrogen and oxygen atoms in total.